The summed E-state index contributed by atoms with van der Waals surface area (Å²) in [5, 5.41) is 0. The second-order valence-corrected chi connectivity index (χ2v) is 0.260. The van der Waals surface area contributed by atoms with Gasteiger partial charge in [0.1, 0.15) is 0 Å². The summed E-state index contributed by atoms with van der Waals surface area (Å²) in [5.41, 5.74) is 0. The van der Waals surface area contributed by atoms with Crippen molar-refractivity contribution < 1.29 is 42.9 Å². The van der Waals surface area contributed by atoms with Gasteiger partial charge in [0.2, 0.25) is 0 Å². The van der Waals surface area contributed by atoms with Gasteiger partial charge in [0, 0.05) is 20.4 Å². The van der Waals surface area contributed by atoms with E-state index in [1.165, 1.54) is 0 Å². The molecule has 0 saturated heterocycles. The summed E-state index contributed by atoms with van der Waals surface area (Å²) in [6.45, 7) is 0. The van der Waals surface area contributed by atoms with Crippen LogP contribution in [0, 0.1) is 0 Å². The first-order chi connectivity index (χ1) is 1.41. The molecule has 29 valence electrons. The molecule has 0 radical (unpaired) electrons. The van der Waals surface area contributed by atoms with Gasteiger partial charge < -0.3 is 0 Å². The zero-order chi connectivity index (χ0) is 2.71. The number of hydrogen-bond acceptors (Lipinski definition) is 2. The molecule has 4 heteroatoms. The molecule has 0 aromatic rings. The van der Waals surface area contributed by atoms with Gasteiger partial charge in [0.15, 0.2) is 0 Å². The average molecular weight is 193 g/mol. The Morgan fingerprint density at radius 3 is 1.25 bits per heavy atom. The molecular formula is MnO2Pd. The van der Waals surface area contributed by atoms with E-state index in [0.717, 1.165) is 0 Å². The van der Waals surface area contributed by atoms with E-state index in [1.54, 1.807) is 0 Å². The van der Waals surface area contributed by atoms with Crippen molar-refractivity contribution in [2.24, 2.45) is 0 Å². The van der Waals surface area contributed by atoms with Gasteiger partial charge in [0.25, 0.3) is 0 Å². The molecular weight excluding hydrogens is 193 g/mol. The van der Waals surface area contributed by atoms with E-state index in [9.17, 15) is 0 Å². The van der Waals surface area contributed by atoms with Gasteiger partial charge in [0.05, 0.1) is 0 Å². The Bertz CT molecular complexity index is 27.0. The quantitative estimate of drug-likeness (QED) is 0.498. The van der Waals surface area contributed by atoms with E-state index in [0.29, 0.717) is 0 Å². The van der Waals surface area contributed by atoms with Crippen LogP contribution in [0.4, 0.5) is 0 Å². The summed E-state index contributed by atoms with van der Waals surface area (Å²) >= 11 is -1.44. The Morgan fingerprint density at radius 2 is 1.25 bits per heavy atom. The Balaban J connectivity index is 0. The van der Waals surface area contributed by atoms with E-state index in [1.807, 2.05) is 0 Å². The number of hydrogen-bond donors (Lipinski definition) is 0. The first-order valence-electron chi connectivity index (χ1n) is 0.309. The van der Waals surface area contributed by atoms with E-state index in [4.69, 9.17) is 7.67 Å². The zero-order valence-electron chi connectivity index (χ0n) is 1.51. The van der Waals surface area contributed by atoms with Crippen LogP contribution in [0.2, 0.25) is 0 Å². The molecule has 0 saturated carbocycles. The van der Waals surface area contributed by atoms with Gasteiger partial charge in [-0.05, 0) is 0 Å². The minimum Gasteiger partial charge on any atom is 0 e. The van der Waals surface area contributed by atoms with Crippen molar-refractivity contribution in [3.05, 3.63) is 0 Å². The van der Waals surface area contributed by atoms with Crippen LogP contribution in [0.1, 0.15) is 0 Å². The Kier molecular flexibility index (Phi) is 20.4. The molecule has 0 N–H and O–H groups in total. The van der Waals surface area contributed by atoms with Gasteiger partial charge in [-0.1, -0.05) is 0 Å². The Hall–Kier alpha value is 0.782. The monoisotopic (exact) mass is 193 g/mol. The second kappa shape index (κ2) is 9.22. The first-order valence-corrected chi connectivity index (χ1v) is 1.27. The largest absolute Gasteiger partial charge is 0 e. The van der Waals surface area contributed by atoms with Gasteiger partial charge in [-0.15, -0.1) is 0 Å². The molecule has 4 heavy (non-hydrogen) atoms. The molecule has 0 rings (SSSR count). The minimum atomic E-state index is -1.44. The molecule has 0 aromatic heterocycles. The molecule has 0 aliphatic carbocycles. The average Bonchev–Trinajstić information content (AvgIpc) is 0.918. The third-order valence-corrected chi connectivity index (χ3v) is 0. The fourth-order valence-corrected chi connectivity index (χ4v) is 0. The fraction of sp³-hybridized carbons (Fsp3) is 0. The van der Waals surface area contributed by atoms with Crippen LogP contribution in [0.5, 0.6) is 0 Å². The molecule has 0 unspecified atom stereocenters. The standard InChI is InChI=1S/Mn.2O.Pd. The molecule has 0 aliphatic heterocycles. The third kappa shape index (κ3) is 14.4. The van der Waals surface area contributed by atoms with E-state index >= 15 is 0 Å². The van der Waals surface area contributed by atoms with Crippen molar-refractivity contribution in [3.8, 4) is 0 Å². The van der Waals surface area contributed by atoms with Crippen molar-refractivity contribution in [1.29, 1.82) is 0 Å². The summed E-state index contributed by atoms with van der Waals surface area (Å²) in [6.07, 6.45) is 0. The van der Waals surface area contributed by atoms with E-state index in [2.05, 4.69) is 0 Å². The predicted octanol–water partition coefficient (Wildman–Crippen LogP) is -0.243. The maximum atomic E-state index is 8.41. The van der Waals surface area contributed by atoms with Crippen LogP contribution in [0.25, 0.3) is 0 Å². The topological polar surface area (TPSA) is 34.1 Å². The molecule has 2 nitrogen and oxygen atoms in total. The van der Waals surface area contributed by atoms with Crippen molar-refractivity contribution in [1.82, 2.24) is 0 Å². The van der Waals surface area contributed by atoms with Gasteiger partial charge in [-0.25, -0.2) is 0 Å². The molecule has 0 aliphatic rings. The zero-order valence-corrected chi connectivity index (χ0v) is 4.25. The SMILES string of the molecule is [O]=[Mn]=[O].[Pd]. The van der Waals surface area contributed by atoms with Crippen LogP contribution in [-0.4, -0.2) is 0 Å². The molecule has 0 amide bonds. The van der Waals surface area contributed by atoms with Crippen LogP contribution in [0.15, 0.2) is 0 Å². The summed E-state index contributed by atoms with van der Waals surface area (Å²) in [4.78, 5) is 0. The third-order valence-electron chi connectivity index (χ3n) is 0. The van der Waals surface area contributed by atoms with Crippen molar-refractivity contribution in [2.45, 2.75) is 0 Å². The van der Waals surface area contributed by atoms with E-state index < -0.39 is 14.8 Å². The van der Waals surface area contributed by atoms with Gasteiger partial charge in [-0.3, -0.25) is 0 Å². The summed E-state index contributed by atoms with van der Waals surface area (Å²) < 4.78 is 16.8. The van der Waals surface area contributed by atoms with Crippen LogP contribution in [0.3, 0.4) is 0 Å². The maximum Gasteiger partial charge on any atom is 0 e. The fourth-order valence-electron chi connectivity index (χ4n) is 0. The van der Waals surface area contributed by atoms with Crippen molar-refractivity contribution in [3.63, 3.8) is 0 Å². The maximum absolute atomic E-state index is 8.41. The molecule has 0 fully saturated rings. The summed E-state index contributed by atoms with van der Waals surface area (Å²) in [7, 11) is 0. The molecule has 0 spiro atoms. The molecule has 0 bridgehead atoms. The second-order valence-electron chi connectivity index (χ2n) is 0.0630. The Labute approximate surface area is 43.2 Å². The molecule has 0 atom stereocenters. The van der Waals surface area contributed by atoms with Crippen LogP contribution < -0.4 is 0 Å². The smallest absolute Gasteiger partial charge is 0 e. The van der Waals surface area contributed by atoms with Gasteiger partial charge >= 0.3 is 22.5 Å². The summed E-state index contributed by atoms with van der Waals surface area (Å²) in [5.74, 6) is 0. The van der Waals surface area contributed by atoms with Crippen molar-refractivity contribution in [2.75, 3.05) is 0 Å². The van der Waals surface area contributed by atoms with Crippen LogP contribution >= 0.6 is 0 Å². The first kappa shape index (κ1) is 8.84. The molecule has 0 heterocycles. The van der Waals surface area contributed by atoms with Crippen LogP contribution in [-0.2, 0) is 42.9 Å². The molecule has 0 aromatic carbocycles. The predicted molar refractivity (Wildman–Crippen MR) is 1.37 cm³/mol. The number of rotatable bonds is 0. The van der Waals surface area contributed by atoms with Gasteiger partial charge in [-0.2, -0.15) is 0 Å². The minimum absolute atomic E-state index is 0. The summed E-state index contributed by atoms with van der Waals surface area (Å²) in [6, 6.07) is 0. The normalized spacial score (nSPS) is 3.00. The van der Waals surface area contributed by atoms with Crippen molar-refractivity contribution >= 4 is 0 Å². The van der Waals surface area contributed by atoms with E-state index in [-0.39, 0.29) is 20.4 Å². The Morgan fingerprint density at radius 1 is 1.25 bits per heavy atom.